The van der Waals surface area contributed by atoms with Gasteiger partial charge in [-0.25, -0.2) is 0 Å². The maximum Gasteiger partial charge on any atom is 0.320 e. The number of carbonyl (C=O) groups is 2. The summed E-state index contributed by atoms with van der Waals surface area (Å²) in [7, 11) is 0. The lowest BCUT2D eigenvalue weighted by Crippen LogP contribution is -2.01. The molecule has 0 atom stereocenters. The smallest absolute Gasteiger partial charge is 0.320 e. The number of ketones is 1. The molecule has 0 radical (unpaired) electrons. The molecule has 0 unspecified atom stereocenters. The number of benzene rings is 1. The van der Waals surface area contributed by atoms with Crippen molar-refractivity contribution in [1.82, 2.24) is 0 Å². The van der Waals surface area contributed by atoms with Crippen LogP contribution in [0.4, 0.5) is 0 Å². The summed E-state index contributed by atoms with van der Waals surface area (Å²) >= 11 is 0. The molecule has 96 valence electrons. The highest BCUT2D eigenvalue weighted by atomic mass is 16.5. The summed E-state index contributed by atoms with van der Waals surface area (Å²) < 4.78 is 4.42. The first-order valence-electron chi connectivity index (χ1n) is 5.66. The van der Waals surface area contributed by atoms with Crippen LogP contribution in [-0.2, 0) is 20.7 Å². The number of hydrogen-bond donors (Lipinski definition) is 0. The number of hydrogen-bond acceptors (Lipinski definition) is 4. The molecule has 1 rings (SSSR count). The highest BCUT2D eigenvalue weighted by Gasteiger charge is 1.96. The number of carbonyl (C=O) groups excluding carboxylic acids is 2. The van der Waals surface area contributed by atoms with Crippen molar-refractivity contribution in [2.75, 3.05) is 6.61 Å². The molecule has 1 aromatic rings. The van der Waals surface area contributed by atoms with Gasteiger partial charge in [0.05, 0.1) is 12.7 Å². The summed E-state index contributed by atoms with van der Waals surface area (Å²) in [6, 6.07) is 11.4. The van der Waals surface area contributed by atoms with Crippen molar-refractivity contribution in [2.24, 2.45) is 0 Å². The van der Waals surface area contributed by atoms with E-state index in [1.165, 1.54) is 0 Å². The maximum atomic E-state index is 10.6. The molecule has 0 aliphatic rings. The summed E-state index contributed by atoms with van der Waals surface area (Å²) in [4.78, 5) is 20.8. The van der Waals surface area contributed by atoms with Crippen LogP contribution in [0.15, 0.2) is 30.3 Å². The van der Waals surface area contributed by atoms with E-state index in [2.05, 4.69) is 4.74 Å². The molecule has 0 fully saturated rings. The Bertz CT molecular complexity index is 407. The van der Waals surface area contributed by atoms with Crippen LogP contribution < -0.4 is 0 Å². The fourth-order valence-electron chi connectivity index (χ4n) is 1.16. The van der Waals surface area contributed by atoms with Gasteiger partial charge in [0.15, 0.2) is 0 Å². The van der Waals surface area contributed by atoms with E-state index in [4.69, 9.17) is 5.26 Å². The van der Waals surface area contributed by atoms with Crippen molar-refractivity contribution < 1.29 is 14.3 Å². The zero-order valence-electron chi connectivity index (χ0n) is 10.7. The first kappa shape index (κ1) is 15.9. The van der Waals surface area contributed by atoms with E-state index < -0.39 is 5.97 Å². The Morgan fingerprint density at radius 3 is 2.33 bits per heavy atom. The van der Waals surface area contributed by atoms with Crippen LogP contribution in [-0.4, -0.2) is 18.4 Å². The van der Waals surface area contributed by atoms with Gasteiger partial charge in [0.2, 0.25) is 0 Å². The average molecular weight is 247 g/mol. The first-order chi connectivity index (χ1) is 8.60. The molecule has 4 heteroatoms. The van der Waals surface area contributed by atoms with Crippen LogP contribution in [0, 0.1) is 11.3 Å². The summed E-state index contributed by atoms with van der Waals surface area (Å²) in [6.07, 6.45) is 0.411. The fraction of sp³-hybridized carbons (Fsp3) is 0.357. The molecule has 0 amide bonds. The summed E-state index contributed by atoms with van der Waals surface area (Å²) in [6.45, 7) is 3.66. The van der Waals surface area contributed by atoms with Crippen LogP contribution >= 0.6 is 0 Å². The van der Waals surface area contributed by atoms with Crippen LogP contribution in [0.25, 0.3) is 0 Å². The Kier molecular flexibility index (Phi) is 8.83. The Labute approximate surface area is 107 Å². The molecule has 0 N–H and O–H groups in total. The molecule has 0 aliphatic carbocycles. The van der Waals surface area contributed by atoms with E-state index in [1.807, 2.05) is 30.3 Å². The third-order valence-corrected chi connectivity index (χ3v) is 1.82. The first-order valence-corrected chi connectivity index (χ1v) is 5.66. The highest BCUT2D eigenvalue weighted by molar-refractivity contribution is 5.78. The normalized spacial score (nSPS) is 8.50. The van der Waals surface area contributed by atoms with Gasteiger partial charge < -0.3 is 4.74 Å². The Morgan fingerprint density at radius 1 is 1.28 bits per heavy atom. The topological polar surface area (TPSA) is 67.2 Å². The fourth-order valence-corrected chi connectivity index (χ4v) is 1.16. The van der Waals surface area contributed by atoms with Crippen LogP contribution in [0.5, 0.6) is 0 Å². The van der Waals surface area contributed by atoms with Gasteiger partial charge in [0.1, 0.15) is 12.2 Å². The average Bonchev–Trinajstić information content (AvgIpc) is 2.31. The molecular weight excluding hydrogens is 230 g/mol. The standard InChI is InChI=1S/C9H10O.C5H7NO2/c1-8(10)7-9-5-3-2-4-6-9;1-2-8-5(7)3-4-6/h2-6H,7H2,1H3;2-3H2,1H3. The second kappa shape index (κ2) is 10.0. The van der Waals surface area contributed by atoms with E-state index in [0.29, 0.717) is 13.0 Å². The molecule has 0 saturated carbocycles. The van der Waals surface area contributed by atoms with Crippen molar-refractivity contribution in [3.63, 3.8) is 0 Å². The van der Waals surface area contributed by atoms with Crippen LogP contribution in [0.1, 0.15) is 25.8 Å². The van der Waals surface area contributed by atoms with E-state index in [0.717, 1.165) is 5.56 Å². The number of esters is 1. The molecule has 18 heavy (non-hydrogen) atoms. The molecule has 0 aliphatic heterocycles. The Morgan fingerprint density at radius 2 is 1.89 bits per heavy atom. The molecule has 0 bridgehead atoms. The SMILES string of the molecule is CC(=O)Cc1ccccc1.CCOC(=O)CC#N. The monoisotopic (exact) mass is 247 g/mol. The highest BCUT2D eigenvalue weighted by Crippen LogP contribution is 1.98. The lowest BCUT2D eigenvalue weighted by Gasteiger charge is -1.93. The van der Waals surface area contributed by atoms with Gasteiger partial charge in [-0.3, -0.25) is 9.59 Å². The second-order valence-corrected chi connectivity index (χ2v) is 3.50. The third kappa shape index (κ3) is 9.10. The Balaban J connectivity index is 0.000000331. The summed E-state index contributed by atoms with van der Waals surface area (Å²) in [5.41, 5.74) is 1.09. The molecule has 0 saturated heterocycles. The van der Waals surface area contributed by atoms with Crippen molar-refractivity contribution in [2.45, 2.75) is 26.7 Å². The van der Waals surface area contributed by atoms with Crippen molar-refractivity contribution in [1.29, 1.82) is 5.26 Å². The van der Waals surface area contributed by atoms with E-state index >= 15 is 0 Å². The number of nitriles is 1. The summed E-state index contributed by atoms with van der Waals surface area (Å²) in [5, 5.41) is 7.91. The third-order valence-electron chi connectivity index (χ3n) is 1.82. The number of Topliss-reactive ketones (excluding diaryl/α,β-unsaturated/α-hetero) is 1. The van der Waals surface area contributed by atoms with E-state index in [1.54, 1.807) is 19.9 Å². The molecule has 0 aromatic heterocycles. The predicted molar refractivity (Wildman–Crippen MR) is 67.7 cm³/mol. The molecule has 0 spiro atoms. The van der Waals surface area contributed by atoms with Crippen LogP contribution in [0.2, 0.25) is 0 Å². The second-order valence-electron chi connectivity index (χ2n) is 3.50. The van der Waals surface area contributed by atoms with Gasteiger partial charge in [-0.2, -0.15) is 5.26 Å². The van der Waals surface area contributed by atoms with Gasteiger partial charge in [0, 0.05) is 6.42 Å². The minimum Gasteiger partial charge on any atom is -0.465 e. The zero-order chi connectivity index (χ0) is 13.8. The number of ether oxygens (including phenoxy) is 1. The molecule has 1 aromatic carbocycles. The quantitative estimate of drug-likeness (QED) is 0.765. The number of rotatable bonds is 4. The zero-order valence-corrected chi connectivity index (χ0v) is 10.7. The molecular formula is C14H17NO3. The molecule has 4 nitrogen and oxygen atoms in total. The van der Waals surface area contributed by atoms with Gasteiger partial charge in [0.25, 0.3) is 0 Å². The van der Waals surface area contributed by atoms with E-state index in [9.17, 15) is 9.59 Å². The van der Waals surface area contributed by atoms with Crippen molar-refractivity contribution >= 4 is 11.8 Å². The van der Waals surface area contributed by atoms with E-state index in [-0.39, 0.29) is 12.2 Å². The van der Waals surface area contributed by atoms with Gasteiger partial charge in [-0.15, -0.1) is 0 Å². The van der Waals surface area contributed by atoms with Crippen molar-refractivity contribution in [3.05, 3.63) is 35.9 Å². The maximum absolute atomic E-state index is 10.6. The minimum absolute atomic E-state index is 0.145. The van der Waals surface area contributed by atoms with Gasteiger partial charge >= 0.3 is 5.97 Å². The largest absolute Gasteiger partial charge is 0.465 e. The predicted octanol–water partition coefficient (Wildman–Crippen LogP) is 2.28. The summed E-state index contributed by atoms with van der Waals surface area (Å²) in [5.74, 6) is -0.235. The van der Waals surface area contributed by atoms with Crippen molar-refractivity contribution in [3.8, 4) is 6.07 Å². The Hall–Kier alpha value is -2.15. The lowest BCUT2D eigenvalue weighted by molar-refractivity contribution is -0.141. The molecule has 0 heterocycles. The van der Waals surface area contributed by atoms with Gasteiger partial charge in [-0.05, 0) is 19.4 Å². The van der Waals surface area contributed by atoms with Gasteiger partial charge in [-0.1, -0.05) is 30.3 Å². The lowest BCUT2D eigenvalue weighted by atomic mass is 10.1. The number of nitrogens with zero attached hydrogens (tertiary/aromatic N) is 1. The minimum atomic E-state index is -0.449. The van der Waals surface area contributed by atoms with Crippen LogP contribution in [0.3, 0.4) is 0 Å².